The highest BCUT2D eigenvalue weighted by Crippen LogP contribution is 2.05. The predicted octanol–water partition coefficient (Wildman–Crippen LogP) is 0.828. The van der Waals surface area contributed by atoms with E-state index in [-0.39, 0.29) is 5.75 Å². The van der Waals surface area contributed by atoms with E-state index >= 15 is 0 Å². The third-order valence-corrected chi connectivity index (χ3v) is 2.33. The van der Waals surface area contributed by atoms with E-state index < -0.39 is 0 Å². The van der Waals surface area contributed by atoms with E-state index in [1.54, 1.807) is 6.07 Å². The second kappa shape index (κ2) is 6.37. The van der Waals surface area contributed by atoms with Crippen LogP contribution in [0.4, 0.5) is 0 Å². The number of aromatic nitrogens is 1. The van der Waals surface area contributed by atoms with Crippen molar-refractivity contribution in [3.63, 3.8) is 0 Å². The van der Waals surface area contributed by atoms with E-state index in [1.165, 1.54) is 6.20 Å². The fourth-order valence-corrected chi connectivity index (χ4v) is 1.17. The van der Waals surface area contributed by atoms with Gasteiger partial charge in [0, 0.05) is 19.6 Å². The first kappa shape index (κ1) is 11.9. The van der Waals surface area contributed by atoms with Crippen LogP contribution in [0.25, 0.3) is 0 Å². The van der Waals surface area contributed by atoms with E-state index in [0.29, 0.717) is 0 Å². The Hall–Kier alpha value is -1.13. The molecule has 0 fully saturated rings. The minimum Gasteiger partial charge on any atom is -0.506 e. The van der Waals surface area contributed by atoms with Gasteiger partial charge in [-0.25, -0.2) is 0 Å². The Morgan fingerprint density at radius 3 is 2.87 bits per heavy atom. The van der Waals surface area contributed by atoms with E-state index in [9.17, 15) is 0 Å². The molecule has 0 aromatic carbocycles. The van der Waals surface area contributed by atoms with Crippen molar-refractivity contribution in [2.24, 2.45) is 0 Å². The van der Waals surface area contributed by atoms with Crippen LogP contribution in [-0.2, 0) is 6.54 Å². The van der Waals surface area contributed by atoms with Crippen LogP contribution in [-0.4, -0.2) is 41.7 Å². The molecule has 1 aromatic heterocycles. The summed E-state index contributed by atoms with van der Waals surface area (Å²) in [6.07, 6.45) is 1.47. The topological polar surface area (TPSA) is 48.4 Å². The minimum atomic E-state index is 0.212. The van der Waals surface area contributed by atoms with Gasteiger partial charge in [0.2, 0.25) is 0 Å². The number of pyridine rings is 1. The van der Waals surface area contributed by atoms with Crippen LogP contribution in [0.15, 0.2) is 18.3 Å². The van der Waals surface area contributed by atoms with Crippen molar-refractivity contribution in [2.45, 2.75) is 13.5 Å². The van der Waals surface area contributed by atoms with Crippen LogP contribution in [0.3, 0.4) is 0 Å². The Morgan fingerprint density at radius 1 is 1.47 bits per heavy atom. The van der Waals surface area contributed by atoms with Gasteiger partial charge in [-0.05, 0) is 25.7 Å². The summed E-state index contributed by atoms with van der Waals surface area (Å²) in [7, 11) is 2.10. The highest BCUT2D eigenvalue weighted by Gasteiger charge is 1.96. The molecule has 1 heterocycles. The molecule has 0 saturated carbocycles. The van der Waals surface area contributed by atoms with Gasteiger partial charge in [0.1, 0.15) is 5.75 Å². The zero-order valence-electron chi connectivity index (χ0n) is 9.40. The molecular weight excluding hydrogens is 190 g/mol. The summed E-state index contributed by atoms with van der Waals surface area (Å²) in [6.45, 7) is 5.94. The third-order valence-electron chi connectivity index (χ3n) is 2.33. The summed E-state index contributed by atoms with van der Waals surface area (Å²) in [5, 5.41) is 12.3. The summed E-state index contributed by atoms with van der Waals surface area (Å²) in [5.74, 6) is 0.212. The molecule has 0 aliphatic carbocycles. The Kier molecular flexibility index (Phi) is 5.07. The zero-order chi connectivity index (χ0) is 11.1. The van der Waals surface area contributed by atoms with Gasteiger partial charge in [-0.1, -0.05) is 6.92 Å². The van der Waals surface area contributed by atoms with Crippen LogP contribution < -0.4 is 5.32 Å². The van der Waals surface area contributed by atoms with Gasteiger partial charge in [0.05, 0.1) is 11.9 Å². The van der Waals surface area contributed by atoms with Crippen molar-refractivity contribution in [3.05, 3.63) is 24.0 Å². The molecule has 0 saturated heterocycles. The van der Waals surface area contributed by atoms with Gasteiger partial charge >= 0.3 is 0 Å². The lowest BCUT2D eigenvalue weighted by Gasteiger charge is -2.13. The van der Waals surface area contributed by atoms with Gasteiger partial charge in [0.25, 0.3) is 0 Å². The normalized spacial score (nSPS) is 10.9. The Morgan fingerprint density at radius 2 is 2.27 bits per heavy atom. The molecular formula is C11H19N3O. The van der Waals surface area contributed by atoms with Crippen LogP contribution in [0.1, 0.15) is 12.6 Å². The molecule has 1 aromatic rings. The number of aromatic hydroxyl groups is 1. The third kappa shape index (κ3) is 4.76. The van der Waals surface area contributed by atoms with E-state index in [4.69, 9.17) is 5.11 Å². The molecule has 0 amide bonds. The van der Waals surface area contributed by atoms with Crippen molar-refractivity contribution >= 4 is 0 Å². The molecule has 1 rings (SSSR count). The van der Waals surface area contributed by atoms with Gasteiger partial charge < -0.3 is 15.3 Å². The highest BCUT2D eigenvalue weighted by molar-refractivity contribution is 5.17. The molecule has 4 nitrogen and oxygen atoms in total. The smallest absolute Gasteiger partial charge is 0.133 e. The van der Waals surface area contributed by atoms with Gasteiger partial charge in [-0.15, -0.1) is 0 Å². The molecule has 0 bridgehead atoms. The first-order valence-corrected chi connectivity index (χ1v) is 5.25. The lowest BCUT2D eigenvalue weighted by atomic mass is 10.3. The molecule has 0 aliphatic heterocycles. The SMILES string of the molecule is CCN(C)CCNCc1ccc(O)cn1. The lowest BCUT2D eigenvalue weighted by molar-refractivity contribution is 0.348. The number of likely N-dealkylation sites (N-methyl/N-ethyl adjacent to an activating group) is 1. The van der Waals surface area contributed by atoms with Crippen LogP contribution >= 0.6 is 0 Å². The maximum absolute atomic E-state index is 9.04. The van der Waals surface area contributed by atoms with Crippen LogP contribution in [0.5, 0.6) is 5.75 Å². The van der Waals surface area contributed by atoms with Crippen molar-refractivity contribution in [1.29, 1.82) is 0 Å². The summed E-state index contributed by atoms with van der Waals surface area (Å²) < 4.78 is 0. The number of nitrogens with zero attached hydrogens (tertiary/aromatic N) is 2. The number of hydrogen-bond acceptors (Lipinski definition) is 4. The standard InChI is InChI=1S/C11H19N3O/c1-3-14(2)7-6-12-8-10-4-5-11(15)9-13-10/h4-5,9,12,15H,3,6-8H2,1-2H3. The first-order valence-electron chi connectivity index (χ1n) is 5.25. The van der Waals surface area contributed by atoms with Crippen molar-refractivity contribution in [1.82, 2.24) is 15.2 Å². The van der Waals surface area contributed by atoms with Crippen molar-refractivity contribution in [2.75, 3.05) is 26.7 Å². The van der Waals surface area contributed by atoms with Gasteiger partial charge in [-0.2, -0.15) is 0 Å². The molecule has 2 N–H and O–H groups in total. The van der Waals surface area contributed by atoms with E-state index in [0.717, 1.165) is 31.9 Å². The number of hydrogen-bond donors (Lipinski definition) is 2. The molecule has 0 spiro atoms. The molecule has 15 heavy (non-hydrogen) atoms. The zero-order valence-corrected chi connectivity index (χ0v) is 9.40. The maximum atomic E-state index is 9.04. The highest BCUT2D eigenvalue weighted by atomic mass is 16.3. The summed E-state index contributed by atoms with van der Waals surface area (Å²) in [4.78, 5) is 6.34. The quantitative estimate of drug-likeness (QED) is 0.681. The van der Waals surface area contributed by atoms with Gasteiger partial charge in [0.15, 0.2) is 0 Å². The minimum absolute atomic E-state index is 0.212. The number of rotatable bonds is 6. The predicted molar refractivity (Wildman–Crippen MR) is 60.8 cm³/mol. The lowest BCUT2D eigenvalue weighted by Crippen LogP contribution is -2.28. The average molecular weight is 209 g/mol. The fraction of sp³-hybridized carbons (Fsp3) is 0.545. The van der Waals surface area contributed by atoms with Gasteiger partial charge in [-0.3, -0.25) is 4.98 Å². The average Bonchev–Trinajstić information content (AvgIpc) is 2.26. The largest absolute Gasteiger partial charge is 0.506 e. The second-order valence-corrected chi connectivity index (χ2v) is 3.58. The first-order chi connectivity index (χ1) is 7.22. The fourth-order valence-electron chi connectivity index (χ4n) is 1.17. The van der Waals surface area contributed by atoms with E-state index in [2.05, 4.69) is 29.2 Å². The monoisotopic (exact) mass is 209 g/mol. The second-order valence-electron chi connectivity index (χ2n) is 3.58. The molecule has 0 aliphatic rings. The summed E-state index contributed by atoms with van der Waals surface area (Å²) >= 11 is 0. The van der Waals surface area contributed by atoms with Crippen molar-refractivity contribution in [3.8, 4) is 5.75 Å². The molecule has 0 atom stereocenters. The van der Waals surface area contributed by atoms with Crippen LogP contribution in [0.2, 0.25) is 0 Å². The molecule has 84 valence electrons. The summed E-state index contributed by atoms with van der Waals surface area (Å²) in [6, 6.07) is 3.48. The van der Waals surface area contributed by atoms with Crippen LogP contribution in [0, 0.1) is 0 Å². The van der Waals surface area contributed by atoms with E-state index in [1.807, 2.05) is 6.07 Å². The Balaban J connectivity index is 2.17. The molecule has 4 heteroatoms. The maximum Gasteiger partial charge on any atom is 0.133 e. The number of nitrogens with one attached hydrogen (secondary N) is 1. The molecule has 0 unspecified atom stereocenters. The Bertz CT molecular complexity index is 274. The van der Waals surface area contributed by atoms with Crippen molar-refractivity contribution < 1.29 is 5.11 Å². The molecule has 0 radical (unpaired) electrons. The Labute approximate surface area is 90.9 Å². The summed E-state index contributed by atoms with van der Waals surface area (Å²) in [5.41, 5.74) is 0.951.